The monoisotopic (exact) mass is 287 g/mol. The molecule has 0 spiro atoms. The van der Waals surface area contributed by atoms with Crippen LogP contribution in [0.15, 0.2) is 78.9 Å². The van der Waals surface area contributed by atoms with E-state index in [4.69, 9.17) is 0 Å². The van der Waals surface area contributed by atoms with Crippen LogP contribution in [-0.4, -0.2) is 0 Å². The third-order valence-electron chi connectivity index (χ3n) is 3.88. The maximum atomic E-state index is 13.1. The summed E-state index contributed by atoms with van der Waals surface area (Å²) in [7, 11) is 0. The van der Waals surface area contributed by atoms with E-state index in [1.54, 1.807) is 12.1 Å². The molecule has 0 aromatic heterocycles. The Morgan fingerprint density at radius 1 is 0.636 bits per heavy atom. The molecule has 0 radical (unpaired) electrons. The van der Waals surface area contributed by atoms with Gasteiger partial charge in [0.1, 0.15) is 5.82 Å². The van der Waals surface area contributed by atoms with Gasteiger partial charge in [-0.1, -0.05) is 48.5 Å². The van der Waals surface area contributed by atoms with Crippen molar-refractivity contribution >= 4 is 32.9 Å². The molecule has 0 saturated heterocycles. The molecule has 0 fully saturated rings. The van der Waals surface area contributed by atoms with Gasteiger partial charge in [-0.3, -0.25) is 0 Å². The van der Waals surface area contributed by atoms with Crippen LogP contribution in [0, 0.1) is 5.82 Å². The zero-order chi connectivity index (χ0) is 14.9. The number of halogens is 1. The van der Waals surface area contributed by atoms with Gasteiger partial charge in [0.25, 0.3) is 0 Å². The number of fused-ring (bicyclic) bond motifs is 2. The molecule has 4 rings (SSSR count). The standard InChI is InChI=1S/C20H14FN/c21-16-9-11-17(12-10-16)22-20-18-7-3-1-5-14(18)13-15-6-2-4-8-19(15)20/h1-13,22H. The predicted octanol–water partition coefficient (Wildman–Crippen LogP) is 5.88. The topological polar surface area (TPSA) is 12.0 Å². The average molecular weight is 287 g/mol. The summed E-state index contributed by atoms with van der Waals surface area (Å²) in [5.74, 6) is -0.228. The molecule has 106 valence electrons. The van der Waals surface area contributed by atoms with E-state index in [9.17, 15) is 4.39 Å². The molecule has 0 amide bonds. The fourth-order valence-electron chi connectivity index (χ4n) is 2.83. The lowest BCUT2D eigenvalue weighted by Gasteiger charge is -2.14. The third kappa shape index (κ3) is 2.19. The Hall–Kier alpha value is -2.87. The molecule has 1 N–H and O–H groups in total. The molecule has 0 aliphatic heterocycles. The summed E-state index contributed by atoms with van der Waals surface area (Å²) < 4.78 is 13.1. The quantitative estimate of drug-likeness (QED) is 0.454. The van der Waals surface area contributed by atoms with E-state index in [0.717, 1.165) is 22.1 Å². The summed E-state index contributed by atoms with van der Waals surface area (Å²) in [6.45, 7) is 0. The molecule has 22 heavy (non-hydrogen) atoms. The first-order valence-electron chi connectivity index (χ1n) is 7.24. The van der Waals surface area contributed by atoms with E-state index >= 15 is 0 Å². The highest BCUT2D eigenvalue weighted by atomic mass is 19.1. The Balaban J connectivity index is 1.97. The summed E-state index contributed by atoms with van der Waals surface area (Å²) in [4.78, 5) is 0. The van der Waals surface area contributed by atoms with Crippen LogP contribution in [0.1, 0.15) is 0 Å². The molecular weight excluding hydrogens is 273 g/mol. The average Bonchev–Trinajstić information content (AvgIpc) is 2.56. The van der Waals surface area contributed by atoms with Crippen LogP contribution in [0.2, 0.25) is 0 Å². The Labute approximate surface area is 128 Å². The molecule has 4 aromatic rings. The number of nitrogens with one attached hydrogen (secondary N) is 1. The summed E-state index contributed by atoms with van der Waals surface area (Å²) in [5.41, 5.74) is 1.93. The number of hydrogen-bond donors (Lipinski definition) is 1. The molecular formula is C20H14FN. The molecule has 0 aliphatic rings. The smallest absolute Gasteiger partial charge is 0.123 e. The largest absolute Gasteiger partial charge is 0.355 e. The highest BCUT2D eigenvalue weighted by Gasteiger charge is 2.07. The van der Waals surface area contributed by atoms with E-state index in [1.807, 2.05) is 24.3 Å². The third-order valence-corrected chi connectivity index (χ3v) is 3.88. The van der Waals surface area contributed by atoms with Gasteiger partial charge in [-0.25, -0.2) is 4.39 Å². The van der Waals surface area contributed by atoms with Gasteiger partial charge in [0.2, 0.25) is 0 Å². The Morgan fingerprint density at radius 3 is 1.77 bits per heavy atom. The first kappa shape index (κ1) is 12.8. The van der Waals surface area contributed by atoms with Crippen LogP contribution >= 0.6 is 0 Å². The van der Waals surface area contributed by atoms with E-state index in [2.05, 4.69) is 35.6 Å². The minimum atomic E-state index is -0.228. The predicted molar refractivity (Wildman–Crippen MR) is 91.1 cm³/mol. The maximum absolute atomic E-state index is 13.1. The summed E-state index contributed by atoms with van der Waals surface area (Å²) in [6, 6.07) is 25.2. The number of anilines is 2. The lowest BCUT2D eigenvalue weighted by atomic mass is 10.0. The first-order valence-corrected chi connectivity index (χ1v) is 7.24. The van der Waals surface area contributed by atoms with Gasteiger partial charge in [0.15, 0.2) is 0 Å². The zero-order valence-electron chi connectivity index (χ0n) is 11.9. The normalized spacial score (nSPS) is 11.0. The van der Waals surface area contributed by atoms with E-state index in [-0.39, 0.29) is 5.82 Å². The molecule has 2 heteroatoms. The first-order chi connectivity index (χ1) is 10.8. The Bertz CT molecular complexity index is 904. The van der Waals surface area contributed by atoms with Gasteiger partial charge >= 0.3 is 0 Å². The fraction of sp³-hybridized carbons (Fsp3) is 0. The van der Waals surface area contributed by atoms with Crippen LogP contribution in [0.5, 0.6) is 0 Å². The van der Waals surface area contributed by atoms with Crippen molar-refractivity contribution in [2.75, 3.05) is 5.32 Å². The highest BCUT2D eigenvalue weighted by Crippen LogP contribution is 2.34. The van der Waals surface area contributed by atoms with Crippen molar-refractivity contribution in [1.29, 1.82) is 0 Å². The second-order valence-corrected chi connectivity index (χ2v) is 5.33. The molecule has 0 heterocycles. The molecule has 0 bridgehead atoms. The zero-order valence-corrected chi connectivity index (χ0v) is 11.9. The van der Waals surface area contributed by atoms with Gasteiger partial charge in [0, 0.05) is 16.5 Å². The lowest BCUT2D eigenvalue weighted by molar-refractivity contribution is 0.628. The second-order valence-electron chi connectivity index (χ2n) is 5.33. The summed E-state index contributed by atoms with van der Waals surface area (Å²) in [5, 5.41) is 8.14. The number of benzene rings is 4. The van der Waals surface area contributed by atoms with E-state index in [1.165, 1.54) is 22.9 Å². The molecule has 0 aliphatic carbocycles. The van der Waals surface area contributed by atoms with Gasteiger partial charge in [-0.2, -0.15) is 0 Å². The molecule has 0 saturated carbocycles. The second kappa shape index (κ2) is 5.15. The fourth-order valence-corrected chi connectivity index (χ4v) is 2.83. The van der Waals surface area contributed by atoms with Crippen molar-refractivity contribution < 1.29 is 4.39 Å². The van der Waals surface area contributed by atoms with Gasteiger partial charge in [-0.15, -0.1) is 0 Å². The van der Waals surface area contributed by atoms with Gasteiger partial charge in [-0.05, 0) is 41.1 Å². The number of rotatable bonds is 2. The van der Waals surface area contributed by atoms with E-state index in [0.29, 0.717) is 0 Å². The van der Waals surface area contributed by atoms with Crippen molar-refractivity contribution in [3.05, 3.63) is 84.7 Å². The van der Waals surface area contributed by atoms with Crippen LogP contribution in [0.3, 0.4) is 0 Å². The van der Waals surface area contributed by atoms with Crippen molar-refractivity contribution in [2.24, 2.45) is 0 Å². The van der Waals surface area contributed by atoms with Crippen LogP contribution in [0.4, 0.5) is 15.8 Å². The van der Waals surface area contributed by atoms with Crippen LogP contribution in [-0.2, 0) is 0 Å². The Kier molecular flexibility index (Phi) is 3.01. The van der Waals surface area contributed by atoms with Crippen LogP contribution < -0.4 is 5.32 Å². The van der Waals surface area contributed by atoms with Crippen molar-refractivity contribution in [2.45, 2.75) is 0 Å². The van der Waals surface area contributed by atoms with Crippen molar-refractivity contribution in [1.82, 2.24) is 0 Å². The Morgan fingerprint density at radius 2 is 1.18 bits per heavy atom. The minimum Gasteiger partial charge on any atom is -0.355 e. The van der Waals surface area contributed by atoms with Gasteiger partial charge in [0.05, 0.1) is 5.69 Å². The minimum absolute atomic E-state index is 0.228. The van der Waals surface area contributed by atoms with Crippen molar-refractivity contribution in [3.63, 3.8) is 0 Å². The van der Waals surface area contributed by atoms with Crippen LogP contribution in [0.25, 0.3) is 21.5 Å². The molecule has 0 atom stereocenters. The number of hydrogen-bond acceptors (Lipinski definition) is 1. The lowest BCUT2D eigenvalue weighted by Crippen LogP contribution is -1.93. The summed E-state index contributed by atoms with van der Waals surface area (Å²) in [6.07, 6.45) is 0. The van der Waals surface area contributed by atoms with Gasteiger partial charge < -0.3 is 5.32 Å². The van der Waals surface area contributed by atoms with E-state index < -0.39 is 0 Å². The van der Waals surface area contributed by atoms with Crippen molar-refractivity contribution in [3.8, 4) is 0 Å². The maximum Gasteiger partial charge on any atom is 0.123 e. The summed E-state index contributed by atoms with van der Waals surface area (Å²) >= 11 is 0. The highest BCUT2D eigenvalue weighted by molar-refractivity contribution is 6.11. The molecule has 1 nitrogen and oxygen atoms in total. The SMILES string of the molecule is Fc1ccc(Nc2c3ccccc3cc3ccccc23)cc1. The molecule has 4 aromatic carbocycles. The molecule has 0 unspecified atom stereocenters.